The smallest absolute Gasteiger partial charge is 0.125 e. The summed E-state index contributed by atoms with van der Waals surface area (Å²) < 4.78 is 18.5. The van der Waals surface area contributed by atoms with Crippen LogP contribution in [0.25, 0.3) is 0 Å². The number of aryl methyl sites for hydroxylation is 2. The van der Waals surface area contributed by atoms with Crippen molar-refractivity contribution in [3.05, 3.63) is 70.8 Å². The van der Waals surface area contributed by atoms with Gasteiger partial charge in [0.05, 0.1) is 18.9 Å². The molecule has 31 heavy (non-hydrogen) atoms. The standard InChI is InChI=1S/C26H33NO4/c1-5-6-14-29-23-15-19(2)26(20(3)16-23)31-25-9-7-8-24(25)30-18-22-12-10-21(11-13-22)17-27-28-4/h5-6,10-13,15-17,24-25H,7-9,14,18H2,1-4H3/b6-5+,27-17?. The number of rotatable bonds is 10. The van der Waals surface area contributed by atoms with Crippen LogP contribution in [0.1, 0.15) is 48.4 Å². The molecule has 166 valence electrons. The van der Waals surface area contributed by atoms with Gasteiger partial charge in [0.1, 0.15) is 31.3 Å². The molecule has 2 aromatic carbocycles. The summed E-state index contributed by atoms with van der Waals surface area (Å²) in [7, 11) is 1.54. The number of hydrogen-bond acceptors (Lipinski definition) is 5. The lowest BCUT2D eigenvalue weighted by Crippen LogP contribution is -2.29. The SMILES string of the molecule is C/C=C/COc1cc(C)c(OC2CCCC2OCc2ccc(C=NOC)cc2)c(C)c1. The van der Waals surface area contributed by atoms with E-state index in [1.54, 1.807) is 6.21 Å². The molecular formula is C26H33NO4. The van der Waals surface area contributed by atoms with E-state index >= 15 is 0 Å². The van der Waals surface area contributed by atoms with Crippen LogP contribution in [0.15, 0.2) is 53.7 Å². The van der Waals surface area contributed by atoms with Crippen LogP contribution in [0, 0.1) is 13.8 Å². The van der Waals surface area contributed by atoms with Gasteiger partial charge >= 0.3 is 0 Å². The Hall–Kier alpha value is -2.79. The van der Waals surface area contributed by atoms with Crippen LogP contribution in [0.4, 0.5) is 0 Å². The maximum atomic E-state index is 6.46. The Morgan fingerprint density at radius 3 is 2.42 bits per heavy atom. The van der Waals surface area contributed by atoms with Gasteiger partial charge in [0.2, 0.25) is 0 Å². The van der Waals surface area contributed by atoms with Crippen LogP contribution in [-0.4, -0.2) is 32.1 Å². The molecule has 1 aliphatic carbocycles. The van der Waals surface area contributed by atoms with E-state index in [-0.39, 0.29) is 12.2 Å². The van der Waals surface area contributed by atoms with Crippen LogP contribution in [-0.2, 0) is 16.2 Å². The van der Waals surface area contributed by atoms with Crippen molar-refractivity contribution >= 4 is 6.21 Å². The first-order chi connectivity index (χ1) is 15.1. The van der Waals surface area contributed by atoms with Crippen molar-refractivity contribution in [1.82, 2.24) is 0 Å². The van der Waals surface area contributed by atoms with Crippen LogP contribution in [0.2, 0.25) is 0 Å². The quantitative estimate of drug-likeness (QED) is 0.277. The summed E-state index contributed by atoms with van der Waals surface area (Å²) >= 11 is 0. The molecule has 0 radical (unpaired) electrons. The first-order valence-corrected chi connectivity index (χ1v) is 10.9. The summed E-state index contributed by atoms with van der Waals surface area (Å²) in [5.74, 6) is 1.82. The predicted octanol–water partition coefficient (Wildman–Crippen LogP) is 5.76. The Bertz CT molecular complexity index is 866. The van der Waals surface area contributed by atoms with Crippen LogP contribution >= 0.6 is 0 Å². The topological polar surface area (TPSA) is 49.3 Å². The summed E-state index contributed by atoms with van der Waals surface area (Å²) in [6.07, 6.45) is 8.98. The Labute approximate surface area is 185 Å². The van der Waals surface area contributed by atoms with Gasteiger partial charge in [-0.2, -0.15) is 0 Å². The largest absolute Gasteiger partial charge is 0.490 e. The molecule has 2 aromatic rings. The number of allylic oxidation sites excluding steroid dienone is 1. The molecular weight excluding hydrogens is 390 g/mol. The molecule has 0 amide bonds. The van der Waals surface area contributed by atoms with E-state index in [0.717, 1.165) is 53.0 Å². The summed E-state index contributed by atoms with van der Waals surface area (Å²) in [6.45, 7) is 7.29. The molecule has 1 saturated carbocycles. The van der Waals surface area contributed by atoms with Crippen LogP contribution < -0.4 is 9.47 Å². The van der Waals surface area contributed by atoms with E-state index in [2.05, 4.69) is 31.1 Å². The molecule has 1 fully saturated rings. The minimum absolute atomic E-state index is 0.0697. The molecule has 2 unspecified atom stereocenters. The van der Waals surface area contributed by atoms with Crippen molar-refractivity contribution in [3.8, 4) is 11.5 Å². The molecule has 0 bridgehead atoms. The Morgan fingerprint density at radius 1 is 1.03 bits per heavy atom. The maximum Gasteiger partial charge on any atom is 0.125 e. The predicted molar refractivity (Wildman–Crippen MR) is 124 cm³/mol. The normalized spacial score (nSPS) is 18.7. The average Bonchev–Trinajstić information content (AvgIpc) is 3.21. The van der Waals surface area contributed by atoms with E-state index < -0.39 is 0 Å². The summed E-state index contributed by atoms with van der Waals surface area (Å²) in [5, 5.41) is 3.78. The first-order valence-electron chi connectivity index (χ1n) is 10.9. The number of nitrogens with zero attached hydrogens (tertiary/aromatic N) is 1. The summed E-state index contributed by atoms with van der Waals surface area (Å²) in [5.41, 5.74) is 4.32. The first kappa shape index (κ1) is 22.9. The lowest BCUT2D eigenvalue weighted by molar-refractivity contribution is -0.0175. The van der Waals surface area contributed by atoms with E-state index in [1.807, 2.05) is 43.3 Å². The highest BCUT2D eigenvalue weighted by atomic mass is 16.6. The van der Waals surface area contributed by atoms with Gasteiger partial charge in [0, 0.05) is 0 Å². The van der Waals surface area contributed by atoms with Crippen molar-refractivity contribution < 1.29 is 19.0 Å². The van der Waals surface area contributed by atoms with Gasteiger partial charge < -0.3 is 19.0 Å². The molecule has 0 spiro atoms. The zero-order valence-corrected chi connectivity index (χ0v) is 19.0. The molecule has 0 aromatic heterocycles. The number of hydrogen-bond donors (Lipinski definition) is 0. The van der Waals surface area contributed by atoms with Crippen LogP contribution in [0.5, 0.6) is 11.5 Å². The van der Waals surface area contributed by atoms with Gasteiger partial charge in [0.15, 0.2) is 0 Å². The van der Waals surface area contributed by atoms with Crippen LogP contribution in [0.3, 0.4) is 0 Å². The average molecular weight is 424 g/mol. The lowest BCUT2D eigenvalue weighted by atomic mass is 10.1. The van der Waals surface area contributed by atoms with Gasteiger partial charge in [-0.25, -0.2) is 0 Å². The molecule has 0 saturated heterocycles. The van der Waals surface area contributed by atoms with Gasteiger partial charge in [0.25, 0.3) is 0 Å². The fourth-order valence-electron chi connectivity index (χ4n) is 3.81. The fourth-order valence-corrected chi connectivity index (χ4v) is 3.81. The van der Waals surface area contributed by atoms with E-state index in [1.165, 1.54) is 7.11 Å². The van der Waals surface area contributed by atoms with Crippen molar-refractivity contribution in [2.45, 2.75) is 58.8 Å². The third-order valence-electron chi connectivity index (χ3n) is 5.43. The Kier molecular flexibility index (Phi) is 8.53. The van der Waals surface area contributed by atoms with Crippen molar-refractivity contribution in [2.75, 3.05) is 13.7 Å². The van der Waals surface area contributed by atoms with Crippen molar-refractivity contribution in [3.63, 3.8) is 0 Å². The third kappa shape index (κ3) is 6.59. The molecule has 3 rings (SSSR count). The second-order valence-electron chi connectivity index (χ2n) is 7.86. The van der Waals surface area contributed by atoms with Crippen molar-refractivity contribution in [1.29, 1.82) is 0 Å². The number of benzene rings is 2. The lowest BCUT2D eigenvalue weighted by Gasteiger charge is -2.24. The van der Waals surface area contributed by atoms with Gasteiger partial charge in [-0.05, 0) is 74.4 Å². The molecule has 5 heteroatoms. The Balaban J connectivity index is 1.58. The van der Waals surface area contributed by atoms with E-state index in [0.29, 0.717) is 13.2 Å². The number of ether oxygens (including phenoxy) is 3. The summed E-state index contributed by atoms with van der Waals surface area (Å²) in [6, 6.07) is 12.2. The van der Waals surface area contributed by atoms with Crippen molar-refractivity contribution in [2.24, 2.45) is 5.16 Å². The molecule has 2 atom stereocenters. The molecule has 0 aliphatic heterocycles. The molecule has 0 heterocycles. The highest BCUT2D eigenvalue weighted by molar-refractivity contribution is 5.79. The third-order valence-corrected chi connectivity index (χ3v) is 5.43. The number of oxime groups is 1. The monoisotopic (exact) mass is 423 g/mol. The minimum Gasteiger partial charge on any atom is -0.490 e. The minimum atomic E-state index is 0.0697. The van der Waals surface area contributed by atoms with Gasteiger partial charge in [-0.1, -0.05) is 41.6 Å². The highest BCUT2D eigenvalue weighted by Crippen LogP contribution is 2.33. The van der Waals surface area contributed by atoms with E-state index in [4.69, 9.17) is 19.0 Å². The Morgan fingerprint density at radius 2 is 1.74 bits per heavy atom. The zero-order chi connectivity index (χ0) is 22.1. The molecule has 5 nitrogen and oxygen atoms in total. The van der Waals surface area contributed by atoms with Gasteiger partial charge in [-0.3, -0.25) is 0 Å². The fraction of sp³-hybridized carbons (Fsp3) is 0.423. The van der Waals surface area contributed by atoms with Gasteiger partial charge in [-0.15, -0.1) is 0 Å². The highest BCUT2D eigenvalue weighted by Gasteiger charge is 2.30. The summed E-state index contributed by atoms with van der Waals surface area (Å²) in [4.78, 5) is 4.72. The molecule has 1 aliphatic rings. The second kappa shape index (κ2) is 11.6. The zero-order valence-electron chi connectivity index (χ0n) is 19.0. The van der Waals surface area contributed by atoms with E-state index in [9.17, 15) is 0 Å². The maximum absolute atomic E-state index is 6.46. The molecule has 0 N–H and O–H groups in total. The second-order valence-corrected chi connectivity index (χ2v) is 7.86.